The van der Waals surface area contributed by atoms with Crippen molar-refractivity contribution < 1.29 is 9.47 Å². The summed E-state index contributed by atoms with van der Waals surface area (Å²) in [5, 5.41) is 9.02. The molecule has 0 aliphatic heterocycles. The van der Waals surface area contributed by atoms with Crippen LogP contribution in [-0.2, 0) is 0 Å². The molecule has 0 saturated carbocycles. The van der Waals surface area contributed by atoms with E-state index in [1.807, 2.05) is 27.9 Å². The number of benzene rings is 1. The highest BCUT2D eigenvalue weighted by atomic mass is 16.5. The third kappa shape index (κ3) is 3.86. The van der Waals surface area contributed by atoms with Gasteiger partial charge in [-0.15, -0.1) is 0 Å². The Morgan fingerprint density at radius 3 is 2.48 bits per heavy atom. The lowest BCUT2D eigenvalue weighted by molar-refractivity contribution is 0.401. The Balaban J connectivity index is 2.38. The molecule has 0 bridgehead atoms. The van der Waals surface area contributed by atoms with Crippen molar-refractivity contribution in [2.75, 3.05) is 26.1 Å². The van der Waals surface area contributed by atoms with E-state index in [9.17, 15) is 0 Å². The minimum Gasteiger partial charge on any atom is -0.495 e. The maximum atomic E-state index is 9.02. The van der Waals surface area contributed by atoms with Gasteiger partial charge in [-0.25, -0.2) is 0 Å². The molecule has 0 fully saturated rings. The van der Waals surface area contributed by atoms with Gasteiger partial charge in [-0.3, -0.25) is 0 Å². The van der Waals surface area contributed by atoms with Gasteiger partial charge in [-0.05, 0) is 12.1 Å². The number of ether oxygens (including phenoxy) is 2. The summed E-state index contributed by atoms with van der Waals surface area (Å²) < 4.78 is 10.9. The first kappa shape index (κ1) is 16.5. The second-order valence-electron chi connectivity index (χ2n) is 5.40. The van der Waals surface area contributed by atoms with Gasteiger partial charge in [0, 0.05) is 26.1 Å². The first-order valence-electron chi connectivity index (χ1n) is 7.14. The summed E-state index contributed by atoms with van der Waals surface area (Å²) in [6.45, 7) is 4.01. The van der Waals surface area contributed by atoms with Gasteiger partial charge in [0.15, 0.2) is 0 Å². The molecule has 0 aliphatic carbocycles. The highest BCUT2D eigenvalue weighted by Gasteiger charge is 2.13. The molecule has 1 heterocycles. The lowest BCUT2D eigenvalue weighted by atomic mass is 10.2. The Bertz CT molecular complexity index is 711. The van der Waals surface area contributed by atoms with Crippen LogP contribution in [-0.4, -0.2) is 36.2 Å². The molecule has 1 aromatic carbocycles. The molecule has 0 saturated heterocycles. The Labute approximate surface area is 135 Å². The fraction of sp³-hybridized carbons (Fsp3) is 0.375. The second kappa shape index (κ2) is 6.92. The number of anilines is 1. The van der Waals surface area contributed by atoms with Gasteiger partial charge < -0.3 is 14.4 Å². The molecule has 0 radical (unpaired) electrons. The molecule has 0 unspecified atom stereocenters. The zero-order chi connectivity index (χ0) is 17.0. The first-order valence-corrected chi connectivity index (χ1v) is 7.14. The van der Waals surface area contributed by atoms with E-state index in [1.165, 1.54) is 7.11 Å². The van der Waals surface area contributed by atoms with E-state index in [2.05, 4.69) is 21.0 Å². The molecular weight excluding hydrogens is 294 g/mol. The van der Waals surface area contributed by atoms with Crippen molar-refractivity contribution in [1.29, 1.82) is 5.26 Å². The monoisotopic (exact) mass is 313 g/mol. The van der Waals surface area contributed by atoms with Crippen molar-refractivity contribution in [2.24, 2.45) is 0 Å². The number of hydrogen-bond donors (Lipinski definition) is 0. The second-order valence-corrected chi connectivity index (χ2v) is 5.40. The average molecular weight is 313 g/mol. The molecule has 2 rings (SSSR count). The molecule has 0 aliphatic rings. The zero-order valence-corrected chi connectivity index (χ0v) is 13.9. The number of nitrogens with zero attached hydrogens (tertiary/aromatic N) is 5. The topological polar surface area (TPSA) is 84.2 Å². The van der Waals surface area contributed by atoms with Crippen LogP contribution < -0.4 is 14.4 Å². The quantitative estimate of drug-likeness (QED) is 0.839. The van der Waals surface area contributed by atoms with Crippen LogP contribution in [0, 0.1) is 11.3 Å². The van der Waals surface area contributed by atoms with Gasteiger partial charge in [0.05, 0.1) is 12.7 Å². The molecule has 2 aromatic rings. The standard InChI is InChI=1S/C16H19N5O2/c1-10(2)14-18-15(21(3)4)20-16(19-14)23-12-7-6-11(9-17)13(8-12)22-5/h6-8,10H,1-5H3. The van der Waals surface area contributed by atoms with Crippen LogP contribution in [0.5, 0.6) is 17.5 Å². The number of rotatable bonds is 5. The molecule has 1 aromatic heterocycles. The minimum atomic E-state index is 0.148. The summed E-state index contributed by atoms with van der Waals surface area (Å²) in [5.41, 5.74) is 0.437. The van der Waals surface area contributed by atoms with E-state index in [1.54, 1.807) is 23.1 Å². The van der Waals surface area contributed by atoms with Crippen LogP contribution in [0.1, 0.15) is 31.2 Å². The van der Waals surface area contributed by atoms with Gasteiger partial charge in [-0.1, -0.05) is 13.8 Å². The molecule has 7 nitrogen and oxygen atoms in total. The molecule has 120 valence electrons. The van der Waals surface area contributed by atoms with Gasteiger partial charge in [0.1, 0.15) is 23.4 Å². The summed E-state index contributed by atoms with van der Waals surface area (Å²) in [6, 6.07) is 7.20. The fourth-order valence-electron chi connectivity index (χ4n) is 1.80. The van der Waals surface area contributed by atoms with Crippen molar-refractivity contribution >= 4 is 5.95 Å². The van der Waals surface area contributed by atoms with Crippen molar-refractivity contribution in [3.63, 3.8) is 0 Å². The summed E-state index contributed by atoms with van der Waals surface area (Å²) in [6.07, 6.45) is 0. The normalized spacial score (nSPS) is 10.3. The number of aromatic nitrogens is 3. The summed E-state index contributed by atoms with van der Waals surface area (Å²) in [4.78, 5) is 14.8. The van der Waals surface area contributed by atoms with Crippen molar-refractivity contribution in [2.45, 2.75) is 19.8 Å². The van der Waals surface area contributed by atoms with E-state index in [-0.39, 0.29) is 11.9 Å². The predicted molar refractivity (Wildman–Crippen MR) is 86.0 cm³/mol. The number of hydrogen-bond acceptors (Lipinski definition) is 7. The predicted octanol–water partition coefficient (Wildman–Crippen LogP) is 2.73. The molecule has 23 heavy (non-hydrogen) atoms. The molecule has 0 N–H and O–H groups in total. The Morgan fingerprint density at radius 2 is 1.91 bits per heavy atom. The third-order valence-corrected chi connectivity index (χ3v) is 3.04. The van der Waals surface area contributed by atoms with Crippen LogP contribution in [0.2, 0.25) is 0 Å². The lowest BCUT2D eigenvalue weighted by Gasteiger charge is -2.14. The van der Waals surface area contributed by atoms with E-state index in [4.69, 9.17) is 14.7 Å². The highest BCUT2D eigenvalue weighted by Crippen LogP contribution is 2.27. The minimum absolute atomic E-state index is 0.148. The maximum absolute atomic E-state index is 9.02. The molecule has 7 heteroatoms. The number of nitriles is 1. The average Bonchev–Trinajstić information content (AvgIpc) is 2.54. The van der Waals surface area contributed by atoms with Crippen molar-refractivity contribution in [3.8, 4) is 23.6 Å². The van der Waals surface area contributed by atoms with Crippen molar-refractivity contribution in [1.82, 2.24) is 15.0 Å². The lowest BCUT2D eigenvalue weighted by Crippen LogP contribution is -2.15. The largest absolute Gasteiger partial charge is 0.495 e. The van der Waals surface area contributed by atoms with Gasteiger partial charge >= 0.3 is 6.01 Å². The van der Waals surface area contributed by atoms with E-state index in [0.29, 0.717) is 28.8 Å². The third-order valence-electron chi connectivity index (χ3n) is 3.04. The van der Waals surface area contributed by atoms with Crippen LogP contribution in [0.4, 0.5) is 5.95 Å². The molecular formula is C16H19N5O2. The smallest absolute Gasteiger partial charge is 0.327 e. The Hall–Kier alpha value is -2.88. The SMILES string of the molecule is COc1cc(Oc2nc(C(C)C)nc(N(C)C)n2)ccc1C#N. The Kier molecular flexibility index (Phi) is 4.96. The van der Waals surface area contributed by atoms with Crippen molar-refractivity contribution in [3.05, 3.63) is 29.6 Å². The van der Waals surface area contributed by atoms with E-state index < -0.39 is 0 Å². The Morgan fingerprint density at radius 1 is 1.17 bits per heavy atom. The maximum Gasteiger partial charge on any atom is 0.327 e. The zero-order valence-electron chi connectivity index (χ0n) is 13.9. The molecule has 0 amide bonds. The van der Waals surface area contributed by atoms with Crippen LogP contribution >= 0.6 is 0 Å². The summed E-state index contributed by atoms with van der Waals surface area (Å²) >= 11 is 0. The van der Waals surface area contributed by atoms with Crippen LogP contribution in [0.15, 0.2) is 18.2 Å². The first-order chi connectivity index (χ1) is 10.9. The molecule has 0 atom stereocenters. The van der Waals surface area contributed by atoms with Crippen LogP contribution in [0.3, 0.4) is 0 Å². The molecule has 0 spiro atoms. The van der Waals surface area contributed by atoms with E-state index >= 15 is 0 Å². The fourth-order valence-corrected chi connectivity index (χ4v) is 1.80. The van der Waals surface area contributed by atoms with E-state index in [0.717, 1.165) is 0 Å². The van der Waals surface area contributed by atoms with Gasteiger partial charge in [-0.2, -0.15) is 20.2 Å². The van der Waals surface area contributed by atoms with Crippen LogP contribution in [0.25, 0.3) is 0 Å². The van der Waals surface area contributed by atoms with Gasteiger partial charge in [0.2, 0.25) is 5.95 Å². The summed E-state index contributed by atoms with van der Waals surface area (Å²) in [5.74, 6) is 2.26. The van der Waals surface area contributed by atoms with Gasteiger partial charge in [0.25, 0.3) is 0 Å². The summed E-state index contributed by atoms with van der Waals surface area (Å²) in [7, 11) is 5.21. The number of methoxy groups -OCH3 is 1. The highest BCUT2D eigenvalue weighted by molar-refractivity contribution is 5.48.